The van der Waals surface area contributed by atoms with Gasteiger partial charge in [0.25, 0.3) is 5.91 Å². The van der Waals surface area contributed by atoms with Crippen LogP contribution in [0.5, 0.6) is 5.75 Å². The van der Waals surface area contributed by atoms with Gasteiger partial charge in [-0.2, -0.15) is 0 Å². The van der Waals surface area contributed by atoms with Crippen LogP contribution < -0.4 is 20.7 Å². The summed E-state index contributed by atoms with van der Waals surface area (Å²) in [7, 11) is 1.57. The number of rotatable bonds is 8. The Morgan fingerprint density at radius 3 is 2.16 bits per heavy atom. The second kappa shape index (κ2) is 11.6. The lowest BCUT2D eigenvalue weighted by Crippen LogP contribution is -2.55. The molecule has 1 saturated heterocycles. The Kier molecular flexibility index (Phi) is 9.15. The van der Waals surface area contributed by atoms with Gasteiger partial charge in [0.05, 0.1) is 7.11 Å². The highest BCUT2D eigenvalue weighted by molar-refractivity contribution is 5.97. The Balaban J connectivity index is 2.07. The molecule has 3 N–H and O–H groups in total. The van der Waals surface area contributed by atoms with Crippen LogP contribution in [-0.4, -0.2) is 61.6 Å². The molecule has 1 aliphatic heterocycles. The largest absolute Gasteiger partial charge is 0.497 e. The summed E-state index contributed by atoms with van der Waals surface area (Å²) in [5.41, 5.74) is 0.469. The number of urea groups is 1. The number of ether oxygens (including phenoxy) is 1. The lowest BCUT2D eigenvalue weighted by molar-refractivity contribution is -0.124. The van der Waals surface area contributed by atoms with Gasteiger partial charge in [0.15, 0.2) is 0 Å². The minimum atomic E-state index is -0.649. The summed E-state index contributed by atoms with van der Waals surface area (Å²) in [5, 5.41) is 8.78. The molecular formula is C23H36N4O4. The van der Waals surface area contributed by atoms with E-state index < -0.39 is 6.04 Å². The smallest absolute Gasteiger partial charge is 0.317 e. The lowest BCUT2D eigenvalue weighted by Gasteiger charge is -2.36. The van der Waals surface area contributed by atoms with Gasteiger partial charge in [-0.05, 0) is 62.8 Å². The molecule has 1 heterocycles. The van der Waals surface area contributed by atoms with E-state index in [4.69, 9.17) is 4.74 Å². The van der Waals surface area contributed by atoms with Crippen molar-refractivity contribution in [3.63, 3.8) is 0 Å². The predicted octanol–water partition coefficient (Wildman–Crippen LogP) is 2.40. The SMILES string of the molecule is COc1ccc(C(=O)N[C@@H](C(=O)NCC(C)C)C2CCN(C(=O)NC(C)C)CC2)cc1. The summed E-state index contributed by atoms with van der Waals surface area (Å²) in [6.07, 6.45) is 1.29. The molecule has 1 fully saturated rings. The van der Waals surface area contributed by atoms with Crippen molar-refractivity contribution in [2.75, 3.05) is 26.7 Å². The zero-order valence-electron chi connectivity index (χ0n) is 19.2. The number of hydrogen-bond acceptors (Lipinski definition) is 4. The predicted molar refractivity (Wildman–Crippen MR) is 120 cm³/mol. The molecule has 0 aromatic heterocycles. The Hall–Kier alpha value is -2.77. The molecule has 0 spiro atoms. The van der Waals surface area contributed by atoms with Crippen molar-refractivity contribution >= 4 is 17.8 Å². The third-order valence-electron chi connectivity index (χ3n) is 5.32. The van der Waals surface area contributed by atoms with Crippen molar-refractivity contribution in [3.05, 3.63) is 29.8 Å². The van der Waals surface area contributed by atoms with Crippen molar-refractivity contribution in [2.24, 2.45) is 11.8 Å². The van der Waals surface area contributed by atoms with Gasteiger partial charge in [-0.15, -0.1) is 0 Å². The summed E-state index contributed by atoms with van der Waals surface area (Å²) in [4.78, 5) is 39.8. The molecule has 1 aromatic carbocycles. The van der Waals surface area contributed by atoms with Gasteiger partial charge in [-0.1, -0.05) is 13.8 Å². The average Bonchev–Trinajstić information content (AvgIpc) is 2.75. The van der Waals surface area contributed by atoms with Crippen molar-refractivity contribution in [3.8, 4) is 5.75 Å². The fourth-order valence-electron chi connectivity index (χ4n) is 3.55. The minimum Gasteiger partial charge on any atom is -0.497 e. The van der Waals surface area contributed by atoms with E-state index in [-0.39, 0.29) is 29.8 Å². The van der Waals surface area contributed by atoms with Crippen molar-refractivity contribution in [1.82, 2.24) is 20.9 Å². The maximum absolute atomic E-state index is 12.9. The number of carbonyl (C=O) groups is 3. The number of methoxy groups -OCH3 is 1. The standard InChI is InChI=1S/C23H36N4O4/c1-15(2)14-24-22(29)20(26-21(28)18-6-8-19(31-5)9-7-18)17-10-12-27(13-11-17)23(30)25-16(3)4/h6-9,15-17,20H,10-14H2,1-5H3,(H,24,29)(H,25,30)(H,26,28)/t20-/m1/s1. The second-order valence-corrected chi connectivity index (χ2v) is 8.75. The number of nitrogens with zero attached hydrogens (tertiary/aromatic N) is 1. The van der Waals surface area contributed by atoms with E-state index in [9.17, 15) is 14.4 Å². The molecule has 4 amide bonds. The summed E-state index contributed by atoms with van der Waals surface area (Å²) >= 11 is 0. The topological polar surface area (TPSA) is 99.8 Å². The van der Waals surface area contributed by atoms with Crippen molar-refractivity contribution in [2.45, 2.75) is 52.6 Å². The monoisotopic (exact) mass is 432 g/mol. The summed E-state index contributed by atoms with van der Waals surface area (Å²) < 4.78 is 5.14. The molecule has 0 aliphatic carbocycles. The van der Waals surface area contributed by atoms with E-state index in [2.05, 4.69) is 16.0 Å². The number of piperidine rings is 1. The molecule has 172 valence electrons. The number of hydrogen-bond donors (Lipinski definition) is 3. The fraction of sp³-hybridized carbons (Fsp3) is 0.609. The van der Waals surface area contributed by atoms with Crippen molar-refractivity contribution in [1.29, 1.82) is 0 Å². The number of benzene rings is 1. The zero-order valence-corrected chi connectivity index (χ0v) is 19.2. The molecule has 8 heteroatoms. The molecule has 31 heavy (non-hydrogen) atoms. The van der Waals surface area contributed by atoms with E-state index in [1.165, 1.54) is 0 Å². The van der Waals surface area contributed by atoms with Gasteiger partial charge >= 0.3 is 6.03 Å². The first-order valence-electron chi connectivity index (χ1n) is 11.0. The summed E-state index contributed by atoms with van der Waals surface area (Å²) in [6.45, 7) is 9.55. The summed E-state index contributed by atoms with van der Waals surface area (Å²) in [5.74, 6) is 0.448. The van der Waals surface area contributed by atoms with Gasteiger partial charge in [-0.25, -0.2) is 4.79 Å². The van der Waals surface area contributed by atoms with Crippen molar-refractivity contribution < 1.29 is 19.1 Å². The Morgan fingerprint density at radius 2 is 1.65 bits per heavy atom. The van der Waals surface area contributed by atoms with Crippen LogP contribution in [0.25, 0.3) is 0 Å². The van der Waals surface area contributed by atoms with E-state index in [1.807, 2.05) is 27.7 Å². The highest BCUT2D eigenvalue weighted by Gasteiger charge is 2.34. The minimum absolute atomic E-state index is 0.0440. The van der Waals surface area contributed by atoms with Crippen LogP contribution in [0.4, 0.5) is 4.79 Å². The van der Waals surface area contributed by atoms with E-state index in [0.717, 1.165) is 0 Å². The first-order valence-corrected chi connectivity index (χ1v) is 11.0. The normalized spacial score (nSPS) is 15.5. The molecule has 2 rings (SSSR count). The second-order valence-electron chi connectivity index (χ2n) is 8.75. The average molecular weight is 433 g/mol. The Labute approximate surface area is 185 Å². The van der Waals surface area contributed by atoms with Crippen LogP contribution in [0, 0.1) is 11.8 Å². The number of likely N-dealkylation sites (tertiary alicyclic amines) is 1. The van der Waals surface area contributed by atoms with E-state index in [0.29, 0.717) is 49.7 Å². The van der Waals surface area contributed by atoms with Crippen LogP contribution in [0.3, 0.4) is 0 Å². The summed E-state index contributed by atoms with van der Waals surface area (Å²) in [6, 6.07) is 6.12. The molecule has 1 aliphatic rings. The molecule has 0 bridgehead atoms. The third kappa shape index (κ3) is 7.45. The van der Waals surface area contributed by atoms with Gasteiger partial charge in [0, 0.05) is 31.2 Å². The molecule has 8 nitrogen and oxygen atoms in total. The van der Waals surface area contributed by atoms with Crippen LogP contribution in [0.2, 0.25) is 0 Å². The van der Waals surface area contributed by atoms with Gasteiger partial charge in [-0.3, -0.25) is 9.59 Å². The van der Waals surface area contributed by atoms with E-state index in [1.54, 1.807) is 36.3 Å². The van der Waals surface area contributed by atoms with E-state index >= 15 is 0 Å². The highest BCUT2D eigenvalue weighted by Crippen LogP contribution is 2.22. The Bertz CT molecular complexity index is 740. The molecule has 1 aromatic rings. The molecule has 0 saturated carbocycles. The van der Waals surface area contributed by atoms with Gasteiger partial charge in [0.1, 0.15) is 11.8 Å². The fourth-order valence-corrected chi connectivity index (χ4v) is 3.55. The van der Waals surface area contributed by atoms with Crippen LogP contribution in [0.1, 0.15) is 50.9 Å². The van der Waals surface area contributed by atoms with Crippen LogP contribution in [0.15, 0.2) is 24.3 Å². The zero-order chi connectivity index (χ0) is 23.0. The first kappa shape index (κ1) is 24.5. The Morgan fingerprint density at radius 1 is 1.03 bits per heavy atom. The number of amides is 4. The van der Waals surface area contributed by atoms with Gasteiger partial charge in [0.2, 0.25) is 5.91 Å². The molecular weight excluding hydrogens is 396 g/mol. The maximum atomic E-state index is 12.9. The number of nitrogens with one attached hydrogen (secondary N) is 3. The quantitative estimate of drug-likeness (QED) is 0.587. The number of carbonyl (C=O) groups excluding carboxylic acids is 3. The molecule has 0 unspecified atom stereocenters. The lowest BCUT2D eigenvalue weighted by atomic mass is 9.88. The molecule has 0 radical (unpaired) electrons. The highest BCUT2D eigenvalue weighted by atomic mass is 16.5. The molecule has 1 atom stereocenters. The maximum Gasteiger partial charge on any atom is 0.317 e. The third-order valence-corrected chi connectivity index (χ3v) is 5.32. The van der Waals surface area contributed by atoms with Crippen LogP contribution in [-0.2, 0) is 4.79 Å². The van der Waals surface area contributed by atoms with Gasteiger partial charge < -0.3 is 25.6 Å². The van der Waals surface area contributed by atoms with Crippen LogP contribution >= 0.6 is 0 Å². The first-order chi connectivity index (χ1) is 14.7.